The van der Waals surface area contributed by atoms with Crippen LogP contribution in [0.25, 0.3) is 4.96 Å². The lowest BCUT2D eigenvalue weighted by atomic mass is 10.3. The van der Waals surface area contributed by atoms with E-state index in [0.717, 1.165) is 12.2 Å². The fourth-order valence-electron chi connectivity index (χ4n) is 1.86. The smallest absolute Gasteiger partial charge is 0.260 e. The van der Waals surface area contributed by atoms with Crippen LogP contribution in [0, 0.1) is 0 Å². The van der Waals surface area contributed by atoms with Crippen molar-refractivity contribution in [1.82, 2.24) is 14.1 Å². The van der Waals surface area contributed by atoms with Crippen LogP contribution in [0.1, 0.15) is 13.3 Å². The third-order valence-electron chi connectivity index (χ3n) is 2.82. The van der Waals surface area contributed by atoms with Crippen molar-refractivity contribution in [2.45, 2.75) is 24.4 Å². The van der Waals surface area contributed by atoms with Crippen molar-refractivity contribution < 1.29 is 8.42 Å². The van der Waals surface area contributed by atoms with Gasteiger partial charge in [-0.2, -0.15) is 11.8 Å². The molecule has 0 bridgehead atoms. The van der Waals surface area contributed by atoms with Gasteiger partial charge in [0, 0.05) is 24.7 Å². The Hall–Kier alpha value is -0.770. The molecule has 20 heavy (non-hydrogen) atoms. The lowest BCUT2D eigenvalue weighted by Crippen LogP contribution is -2.34. The van der Waals surface area contributed by atoms with Crippen LogP contribution in [0.4, 0.5) is 5.82 Å². The lowest BCUT2D eigenvalue weighted by molar-refractivity contribution is 0.553. The van der Waals surface area contributed by atoms with Crippen LogP contribution in [0.5, 0.6) is 0 Å². The predicted molar refractivity (Wildman–Crippen MR) is 85.4 cm³/mol. The molecule has 0 saturated carbocycles. The van der Waals surface area contributed by atoms with E-state index in [4.69, 9.17) is 0 Å². The van der Waals surface area contributed by atoms with Crippen LogP contribution in [0.15, 0.2) is 16.6 Å². The van der Waals surface area contributed by atoms with Gasteiger partial charge in [-0.1, -0.05) is 0 Å². The quantitative estimate of drug-likeness (QED) is 0.808. The molecule has 0 spiro atoms. The highest BCUT2D eigenvalue weighted by molar-refractivity contribution is 7.98. The van der Waals surface area contributed by atoms with Gasteiger partial charge in [-0.05, 0) is 25.4 Å². The number of fused-ring (bicyclic) bond motifs is 1. The summed E-state index contributed by atoms with van der Waals surface area (Å²) >= 11 is 3.10. The van der Waals surface area contributed by atoms with Crippen molar-refractivity contribution in [3.05, 3.63) is 11.6 Å². The largest absolute Gasteiger partial charge is 0.371 e. The molecule has 0 aliphatic rings. The molecule has 2 aromatic rings. The molecule has 0 radical (unpaired) electrons. The molecule has 2 aromatic heterocycles. The summed E-state index contributed by atoms with van der Waals surface area (Å²) in [6.45, 7) is 1.87. The number of aromatic nitrogens is 2. The molecule has 6 nitrogen and oxygen atoms in total. The number of hydrogen-bond donors (Lipinski definition) is 2. The topological polar surface area (TPSA) is 75.5 Å². The molecule has 0 aliphatic carbocycles. The van der Waals surface area contributed by atoms with Crippen molar-refractivity contribution in [2.24, 2.45) is 0 Å². The maximum Gasteiger partial charge on any atom is 0.260 e. The zero-order valence-corrected chi connectivity index (χ0v) is 14.0. The summed E-state index contributed by atoms with van der Waals surface area (Å²) in [5.74, 6) is 1.30. The molecule has 0 aromatic carbocycles. The van der Waals surface area contributed by atoms with Crippen LogP contribution in [-0.4, -0.2) is 42.9 Å². The summed E-state index contributed by atoms with van der Waals surface area (Å²) in [4.78, 5) is 4.93. The van der Waals surface area contributed by atoms with E-state index < -0.39 is 10.0 Å². The Kier molecular flexibility index (Phi) is 4.95. The first-order chi connectivity index (χ1) is 9.49. The first-order valence-electron chi connectivity index (χ1n) is 6.14. The maximum absolute atomic E-state index is 12.5. The number of thiazole rings is 1. The zero-order chi connectivity index (χ0) is 14.8. The summed E-state index contributed by atoms with van der Waals surface area (Å²) in [6.07, 6.45) is 4.52. The molecular formula is C11H18N4O2S3. The number of nitrogens with one attached hydrogen (secondary N) is 2. The van der Waals surface area contributed by atoms with E-state index >= 15 is 0 Å². The summed E-state index contributed by atoms with van der Waals surface area (Å²) in [5.41, 5.74) is 0. The summed E-state index contributed by atoms with van der Waals surface area (Å²) in [7, 11) is -1.93. The molecule has 1 atom stereocenters. The fraction of sp³-hybridized carbons (Fsp3) is 0.545. The highest BCUT2D eigenvalue weighted by atomic mass is 32.2. The Balaban J connectivity index is 2.33. The maximum atomic E-state index is 12.5. The number of hydrogen-bond acceptors (Lipinski definition) is 6. The minimum absolute atomic E-state index is 0.110. The Morgan fingerprint density at radius 3 is 2.95 bits per heavy atom. The Bertz CT molecular complexity index is 677. The molecular weight excluding hydrogens is 316 g/mol. The Labute approximate surface area is 127 Å². The first kappa shape index (κ1) is 15.6. The average molecular weight is 334 g/mol. The SMILES string of the molecule is CNc1nc2sccn2c1S(=O)(=O)NC(C)CCSC. The van der Waals surface area contributed by atoms with E-state index in [2.05, 4.69) is 15.0 Å². The van der Waals surface area contributed by atoms with Crippen LogP contribution >= 0.6 is 23.1 Å². The second kappa shape index (κ2) is 6.33. The van der Waals surface area contributed by atoms with Gasteiger partial charge < -0.3 is 5.32 Å². The molecule has 0 amide bonds. The molecule has 0 aliphatic heterocycles. The standard InChI is InChI=1S/C11H18N4O2S3/c1-8(4-6-18-3)14-20(16,17)10-9(12-2)13-11-15(10)5-7-19-11/h5,7-8,12,14H,4,6H2,1-3H3. The number of thioether (sulfide) groups is 1. The highest BCUT2D eigenvalue weighted by Crippen LogP contribution is 2.25. The van der Waals surface area contributed by atoms with Crippen molar-refractivity contribution >= 4 is 43.9 Å². The van der Waals surface area contributed by atoms with E-state index in [1.165, 1.54) is 11.3 Å². The minimum atomic E-state index is -3.60. The van der Waals surface area contributed by atoms with Gasteiger partial charge >= 0.3 is 0 Å². The summed E-state index contributed by atoms with van der Waals surface area (Å²) in [5, 5.41) is 4.84. The van der Waals surface area contributed by atoms with Crippen LogP contribution in [-0.2, 0) is 10.0 Å². The highest BCUT2D eigenvalue weighted by Gasteiger charge is 2.26. The van der Waals surface area contributed by atoms with Crippen molar-refractivity contribution in [3.63, 3.8) is 0 Å². The second-order valence-corrected chi connectivity index (χ2v) is 7.86. The van der Waals surface area contributed by atoms with E-state index in [9.17, 15) is 8.42 Å². The van der Waals surface area contributed by atoms with Gasteiger partial charge in [0.15, 0.2) is 15.8 Å². The third-order valence-corrected chi connectivity index (χ3v) is 5.83. The normalized spacial score (nSPS) is 13.8. The molecule has 0 fully saturated rings. The van der Waals surface area contributed by atoms with Crippen molar-refractivity contribution in [3.8, 4) is 0 Å². The molecule has 2 rings (SSSR count). The number of imidazole rings is 1. The first-order valence-corrected chi connectivity index (χ1v) is 9.90. The molecule has 2 N–H and O–H groups in total. The monoisotopic (exact) mass is 334 g/mol. The van der Waals surface area contributed by atoms with E-state index in [1.54, 1.807) is 29.4 Å². The van der Waals surface area contributed by atoms with Crippen LogP contribution < -0.4 is 10.0 Å². The third kappa shape index (κ3) is 3.11. The van der Waals surface area contributed by atoms with Gasteiger partial charge in [-0.15, -0.1) is 11.3 Å². The summed E-state index contributed by atoms with van der Waals surface area (Å²) in [6, 6.07) is -0.110. The van der Waals surface area contributed by atoms with Crippen molar-refractivity contribution in [1.29, 1.82) is 0 Å². The molecule has 2 heterocycles. The van der Waals surface area contributed by atoms with Crippen molar-refractivity contribution in [2.75, 3.05) is 24.4 Å². The van der Waals surface area contributed by atoms with Crippen LogP contribution in [0.3, 0.4) is 0 Å². The second-order valence-electron chi connectivity index (χ2n) is 4.37. The van der Waals surface area contributed by atoms with E-state index in [-0.39, 0.29) is 11.1 Å². The summed E-state index contributed by atoms with van der Waals surface area (Å²) < 4.78 is 29.4. The number of anilines is 1. The number of nitrogens with zero attached hydrogens (tertiary/aromatic N) is 2. The zero-order valence-electron chi connectivity index (χ0n) is 11.6. The van der Waals surface area contributed by atoms with Gasteiger partial charge in [0.1, 0.15) is 0 Å². The van der Waals surface area contributed by atoms with E-state index in [0.29, 0.717) is 10.8 Å². The number of sulfonamides is 1. The lowest BCUT2D eigenvalue weighted by Gasteiger charge is -2.13. The molecule has 112 valence electrons. The van der Waals surface area contributed by atoms with Gasteiger partial charge in [0.05, 0.1) is 0 Å². The molecule has 9 heteroatoms. The van der Waals surface area contributed by atoms with Gasteiger partial charge in [-0.3, -0.25) is 4.40 Å². The van der Waals surface area contributed by atoms with Gasteiger partial charge in [0.25, 0.3) is 10.0 Å². The average Bonchev–Trinajstić information content (AvgIpc) is 2.94. The molecule has 0 saturated heterocycles. The van der Waals surface area contributed by atoms with Gasteiger partial charge in [0.2, 0.25) is 0 Å². The predicted octanol–water partition coefficient (Wildman–Crippen LogP) is 1.86. The van der Waals surface area contributed by atoms with Gasteiger partial charge in [-0.25, -0.2) is 18.1 Å². The van der Waals surface area contributed by atoms with Crippen LogP contribution in [0.2, 0.25) is 0 Å². The Morgan fingerprint density at radius 1 is 1.55 bits per heavy atom. The van der Waals surface area contributed by atoms with E-state index in [1.807, 2.05) is 18.6 Å². The Morgan fingerprint density at radius 2 is 2.30 bits per heavy atom. The fourth-order valence-corrected chi connectivity index (χ4v) is 4.79. The minimum Gasteiger partial charge on any atom is -0.371 e. The number of rotatable bonds is 7. The molecule has 1 unspecified atom stereocenters.